The summed E-state index contributed by atoms with van der Waals surface area (Å²) in [5.41, 5.74) is 2.38. The molecule has 27 heavy (non-hydrogen) atoms. The Kier molecular flexibility index (Phi) is 6.54. The van der Waals surface area contributed by atoms with Crippen LogP contribution in [0.1, 0.15) is 5.69 Å². The monoisotopic (exact) mass is 407 g/mol. The average Bonchev–Trinajstić information content (AvgIpc) is 3.21. The first kappa shape index (κ1) is 19.5. The van der Waals surface area contributed by atoms with Crippen molar-refractivity contribution in [1.82, 2.24) is 19.6 Å². The van der Waals surface area contributed by atoms with E-state index in [9.17, 15) is 13.2 Å². The van der Waals surface area contributed by atoms with Crippen LogP contribution in [0.3, 0.4) is 0 Å². The van der Waals surface area contributed by atoms with Gasteiger partial charge in [-0.3, -0.25) is 4.79 Å². The number of carbonyl (C=O) groups is 1. The number of sulfonamides is 1. The predicted molar refractivity (Wildman–Crippen MR) is 106 cm³/mol. The Morgan fingerprint density at radius 3 is 2.70 bits per heavy atom. The number of aromatic nitrogens is 2. The highest BCUT2D eigenvalue weighted by Gasteiger charge is 2.27. The second-order valence-electron chi connectivity index (χ2n) is 5.93. The topological polar surface area (TPSA) is 95.5 Å². The van der Waals surface area contributed by atoms with E-state index in [1.54, 1.807) is 17.8 Å². The molecule has 1 aliphatic rings. The molecule has 3 heterocycles. The summed E-state index contributed by atoms with van der Waals surface area (Å²) >= 11 is 1.44. The van der Waals surface area contributed by atoms with Crippen molar-refractivity contribution in [2.24, 2.45) is 0 Å². The molecule has 0 spiro atoms. The number of nitrogens with one attached hydrogen (secondary N) is 1. The third-order valence-electron chi connectivity index (χ3n) is 4.12. The van der Waals surface area contributed by atoms with Gasteiger partial charge in [-0.2, -0.15) is 4.31 Å². The summed E-state index contributed by atoms with van der Waals surface area (Å²) in [6.07, 6.45) is 4.68. The van der Waals surface area contributed by atoms with Crippen molar-refractivity contribution >= 4 is 39.2 Å². The molecule has 0 atom stereocenters. The van der Waals surface area contributed by atoms with Crippen molar-refractivity contribution in [3.63, 3.8) is 0 Å². The van der Waals surface area contributed by atoms with Crippen LogP contribution in [0.5, 0.6) is 0 Å². The molecule has 1 amide bonds. The van der Waals surface area contributed by atoms with Crippen molar-refractivity contribution < 1.29 is 13.2 Å². The third-order valence-corrected chi connectivity index (χ3v) is 6.60. The minimum absolute atomic E-state index is 0.0724. The Bertz CT molecular complexity index is 861. The highest BCUT2D eigenvalue weighted by molar-refractivity contribution is 7.89. The summed E-state index contributed by atoms with van der Waals surface area (Å²) in [5, 5.41) is 4.42. The van der Waals surface area contributed by atoms with Gasteiger partial charge in [-0.05, 0) is 18.2 Å². The summed E-state index contributed by atoms with van der Waals surface area (Å²) in [4.78, 5) is 22.2. The smallest absolute Gasteiger partial charge is 0.244 e. The van der Waals surface area contributed by atoms with E-state index in [2.05, 4.69) is 20.2 Å². The van der Waals surface area contributed by atoms with Crippen LogP contribution < -0.4 is 10.2 Å². The Labute approximate surface area is 162 Å². The average molecular weight is 408 g/mol. The number of anilines is 1. The van der Waals surface area contributed by atoms with E-state index in [1.807, 2.05) is 23.6 Å². The van der Waals surface area contributed by atoms with Crippen LogP contribution in [0.15, 0.2) is 41.4 Å². The number of amides is 1. The van der Waals surface area contributed by atoms with Crippen LogP contribution in [-0.4, -0.2) is 67.1 Å². The van der Waals surface area contributed by atoms with Gasteiger partial charge < -0.3 is 10.2 Å². The Balaban J connectivity index is 1.43. The molecule has 0 bridgehead atoms. The lowest BCUT2D eigenvalue weighted by molar-refractivity contribution is -0.116. The molecule has 0 saturated carbocycles. The van der Waals surface area contributed by atoms with Crippen LogP contribution in [-0.2, 0) is 14.8 Å². The highest BCUT2D eigenvalue weighted by atomic mass is 32.2. The van der Waals surface area contributed by atoms with Gasteiger partial charge in [0.2, 0.25) is 15.9 Å². The molecule has 8 nitrogen and oxygen atoms in total. The first-order valence-electron chi connectivity index (χ1n) is 8.52. The summed E-state index contributed by atoms with van der Waals surface area (Å²) in [5.74, 6) is 0.402. The molecule has 0 aromatic carbocycles. The van der Waals surface area contributed by atoms with Crippen LogP contribution in [0.2, 0.25) is 0 Å². The fraction of sp³-hybridized carbons (Fsp3) is 0.353. The second kappa shape index (κ2) is 9.07. The lowest BCUT2D eigenvalue weighted by atomic mass is 10.3. The molecule has 10 heteroatoms. The Hall–Kier alpha value is -2.30. The van der Waals surface area contributed by atoms with Crippen LogP contribution in [0, 0.1) is 0 Å². The third kappa shape index (κ3) is 5.59. The van der Waals surface area contributed by atoms with Gasteiger partial charge in [0.25, 0.3) is 0 Å². The van der Waals surface area contributed by atoms with E-state index < -0.39 is 10.0 Å². The van der Waals surface area contributed by atoms with E-state index in [4.69, 9.17) is 0 Å². The molecule has 3 rings (SSSR count). The van der Waals surface area contributed by atoms with E-state index in [0.717, 1.165) is 5.82 Å². The summed E-state index contributed by atoms with van der Waals surface area (Å²) < 4.78 is 26.4. The molecular weight excluding hydrogens is 386 g/mol. The second-order valence-corrected chi connectivity index (χ2v) is 8.73. The van der Waals surface area contributed by atoms with Crippen LogP contribution >= 0.6 is 11.3 Å². The quantitative estimate of drug-likeness (QED) is 0.683. The van der Waals surface area contributed by atoms with E-state index in [1.165, 1.54) is 21.7 Å². The van der Waals surface area contributed by atoms with Gasteiger partial charge in [-0.15, -0.1) is 11.3 Å². The van der Waals surface area contributed by atoms with Gasteiger partial charge in [0.15, 0.2) is 0 Å². The zero-order valence-corrected chi connectivity index (χ0v) is 16.3. The number of hydrogen-bond donors (Lipinski definition) is 1. The summed E-state index contributed by atoms with van der Waals surface area (Å²) in [6, 6.07) is 5.68. The van der Waals surface area contributed by atoms with E-state index >= 15 is 0 Å². The van der Waals surface area contributed by atoms with Crippen molar-refractivity contribution in [3.8, 4) is 0 Å². The minimum atomic E-state index is -3.41. The highest BCUT2D eigenvalue weighted by Crippen LogP contribution is 2.14. The fourth-order valence-corrected chi connectivity index (χ4v) is 4.55. The number of nitrogens with zero attached hydrogens (tertiary/aromatic N) is 4. The van der Waals surface area contributed by atoms with E-state index in [0.29, 0.717) is 31.9 Å². The normalized spacial score (nSPS) is 15.9. The summed E-state index contributed by atoms with van der Waals surface area (Å²) in [7, 11) is -3.41. The van der Waals surface area contributed by atoms with Gasteiger partial charge >= 0.3 is 0 Å². The zero-order valence-electron chi connectivity index (χ0n) is 14.7. The van der Waals surface area contributed by atoms with Gasteiger partial charge in [0.1, 0.15) is 5.82 Å². The summed E-state index contributed by atoms with van der Waals surface area (Å²) in [6.45, 7) is 2.09. The van der Waals surface area contributed by atoms with Gasteiger partial charge in [0.05, 0.1) is 17.0 Å². The van der Waals surface area contributed by atoms with Crippen LogP contribution in [0.4, 0.5) is 5.82 Å². The minimum Gasteiger partial charge on any atom is -0.354 e. The first-order valence-corrected chi connectivity index (χ1v) is 11.1. The molecule has 0 unspecified atom stereocenters. The molecule has 0 radical (unpaired) electrons. The SMILES string of the molecule is O=C(/C=C/c1cscn1)NCCS(=O)(=O)N1CCN(c2ccccn2)CC1. The van der Waals surface area contributed by atoms with Crippen molar-refractivity contribution in [2.75, 3.05) is 43.4 Å². The van der Waals surface area contributed by atoms with Crippen molar-refractivity contribution in [2.45, 2.75) is 0 Å². The Morgan fingerprint density at radius 1 is 1.22 bits per heavy atom. The van der Waals surface area contributed by atoms with E-state index in [-0.39, 0.29) is 18.2 Å². The van der Waals surface area contributed by atoms with Crippen molar-refractivity contribution in [3.05, 3.63) is 47.1 Å². The molecule has 0 aliphatic carbocycles. The fourth-order valence-electron chi connectivity index (χ4n) is 2.69. The maximum Gasteiger partial charge on any atom is 0.244 e. The zero-order chi connectivity index (χ0) is 19.1. The molecule has 1 aliphatic heterocycles. The lowest BCUT2D eigenvalue weighted by Gasteiger charge is -2.34. The Morgan fingerprint density at radius 2 is 2.04 bits per heavy atom. The van der Waals surface area contributed by atoms with Crippen LogP contribution in [0.25, 0.3) is 6.08 Å². The number of thiazole rings is 1. The number of pyridine rings is 1. The maximum atomic E-state index is 12.5. The molecule has 2 aromatic rings. The lowest BCUT2D eigenvalue weighted by Crippen LogP contribution is -2.50. The predicted octanol–water partition coefficient (Wildman–Crippen LogP) is 0.819. The largest absolute Gasteiger partial charge is 0.354 e. The number of carbonyl (C=O) groups excluding carboxylic acids is 1. The first-order chi connectivity index (χ1) is 13.0. The molecular formula is C17H21N5O3S2. The van der Waals surface area contributed by atoms with Gasteiger partial charge in [0, 0.05) is 50.4 Å². The molecule has 1 N–H and O–H groups in total. The number of rotatable bonds is 7. The number of piperazine rings is 1. The van der Waals surface area contributed by atoms with Gasteiger partial charge in [-0.25, -0.2) is 18.4 Å². The van der Waals surface area contributed by atoms with Crippen molar-refractivity contribution in [1.29, 1.82) is 0 Å². The molecule has 1 fully saturated rings. The standard InChI is InChI=1S/C17H21N5O3S2/c23-17(5-4-15-13-26-14-20-15)19-7-12-27(24,25)22-10-8-21(9-11-22)16-3-1-2-6-18-16/h1-6,13-14H,7-12H2,(H,19,23)/b5-4+. The van der Waals surface area contributed by atoms with Gasteiger partial charge in [-0.1, -0.05) is 6.07 Å². The number of hydrogen-bond acceptors (Lipinski definition) is 7. The molecule has 2 aromatic heterocycles. The maximum absolute atomic E-state index is 12.5. The molecule has 1 saturated heterocycles. The molecule has 144 valence electrons.